The second-order valence-electron chi connectivity index (χ2n) is 4.94. The smallest absolute Gasteiger partial charge is 0.0720 e. The van der Waals surface area contributed by atoms with E-state index in [0.29, 0.717) is 12.2 Å². The van der Waals surface area contributed by atoms with Crippen LogP contribution in [0.5, 0.6) is 0 Å². The van der Waals surface area contributed by atoms with E-state index in [-0.39, 0.29) is 0 Å². The molecule has 0 aromatic rings. The van der Waals surface area contributed by atoms with Crippen LogP contribution in [-0.2, 0) is 4.74 Å². The minimum Gasteiger partial charge on any atom is -0.374 e. The molecule has 0 radical (unpaired) electrons. The first-order valence-electron chi connectivity index (χ1n) is 5.52. The maximum Gasteiger partial charge on any atom is 0.0720 e. The van der Waals surface area contributed by atoms with E-state index in [9.17, 15) is 0 Å². The molecule has 0 aromatic heterocycles. The Morgan fingerprint density at radius 2 is 1.92 bits per heavy atom. The van der Waals surface area contributed by atoms with Crippen LogP contribution in [0.4, 0.5) is 0 Å². The Bertz CT molecular complexity index is 177. The Labute approximate surface area is 81.3 Å². The highest BCUT2D eigenvalue weighted by Crippen LogP contribution is 2.31. The van der Waals surface area contributed by atoms with Gasteiger partial charge >= 0.3 is 0 Å². The van der Waals surface area contributed by atoms with Crippen LogP contribution in [0.15, 0.2) is 0 Å². The maximum atomic E-state index is 5.93. The van der Waals surface area contributed by atoms with E-state index in [1.165, 1.54) is 19.3 Å². The average Bonchev–Trinajstić information content (AvgIpc) is 2.75. The van der Waals surface area contributed by atoms with Gasteiger partial charge in [0.05, 0.1) is 12.2 Å². The normalized spacial score (nSPS) is 36.0. The van der Waals surface area contributed by atoms with Gasteiger partial charge in [0, 0.05) is 12.6 Å². The van der Waals surface area contributed by atoms with Gasteiger partial charge in [-0.3, -0.25) is 0 Å². The average molecular weight is 183 g/mol. The molecule has 2 rings (SSSR count). The summed E-state index contributed by atoms with van der Waals surface area (Å²) >= 11 is 0. The lowest BCUT2D eigenvalue weighted by Crippen LogP contribution is -2.29. The van der Waals surface area contributed by atoms with Gasteiger partial charge in [0.2, 0.25) is 0 Å². The second kappa shape index (κ2) is 3.58. The summed E-state index contributed by atoms with van der Waals surface area (Å²) in [7, 11) is 2.22. The third-order valence-corrected chi connectivity index (χ3v) is 3.24. The Morgan fingerprint density at radius 3 is 2.38 bits per heavy atom. The highest BCUT2D eigenvalue weighted by molar-refractivity contribution is 4.88. The van der Waals surface area contributed by atoms with Crippen LogP contribution < -0.4 is 0 Å². The van der Waals surface area contributed by atoms with E-state index >= 15 is 0 Å². The first-order chi connectivity index (χ1) is 6.16. The molecule has 13 heavy (non-hydrogen) atoms. The van der Waals surface area contributed by atoms with Crippen molar-refractivity contribution in [1.82, 2.24) is 4.90 Å². The summed E-state index contributed by atoms with van der Waals surface area (Å²) in [5.41, 5.74) is 0. The first-order valence-corrected chi connectivity index (χ1v) is 5.52. The van der Waals surface area contributed by atoms with Gasteiger partial charge in [0.15, 0.2) is 0 Å². The van der Waals surface area contributed by atoms with Crippen LogP contribution in [0.3, 0.4) is 0 Å². The van der Waals surface area contributed by atoms with Gasteiger partial charge in [0.25, 0.3) is 0 Å². The van der Waals surface area contributed by atoms with Crippen LogP contribution in [0.2, 0.25) is 0 Å². The molecule has 0 bridgehead atoms. The van der Waals surface area contributed by atoms with Gasteiger partial charge in [-0.1, -0.05) is 13.8 Å². The van der Waals surface area contributed by atoms with Crippen LogP contribution in [0, 0.1) is 5.92 Å². The number of likely N-dealkylation sites (tertiary alicyclic amines) is 1. The molecule has 1 heterocycles. The summed E-state index contributed by atoms with van der Waals surface area (Å²) in [6.45, 7) is 5.75. The maximum absolute atomic E-state index is 5.93. The van der Waals surface area contributed by atoms with Crippen LogP contribution in [0.25, 0.3) is 0 Å². The molecule has 1 saturated heterocycles. The lowest BCUT2D eigenvalue weighted by Gasteiger charge is -2.22. The Morgan fingerprint density at radius 1 is 1.23 bits per heavy atom. The summed E-state index contributed by atoms with van der Waals surface area (Å²) in [6.07, 6.45) is 4.97. The molecule has 0 spiro atoms. The van der Waals surface area contributed by atoms with Crippen molar-refractivity contribution in [3.63, 3.8) is 0 Å². The van der Waals surface area contributed by atoms with E-state index in [1.807, 2.05) is 0 Å². The fraction of sp³-hybridized carbons (Fsp3) is 1.00. The molecule has 0 aromatic carbocycles. The lowest BCUT2D eigenvalue weighted by molar-refractivity contribution is 0.0474. The second-order valence-corrected chi connectivity index (χ2v) is 4.94. The zero-order chi connectivity index (χ0) is 9.42. The molecule has 1 aliphatic heterocycles. The van der Waals surface area contributed by atoms with Crippen molar-refractivity contribution in [2.24, 2.45) is 5.92 Å². The third kappa shape index (κ3) is 2.23. The number of nitrogens with zero attached hydrogens (tertiary/aromatic N) is 1. The van der Waals surface area contributed by atoms with Gasteiger partial charge < -0.3 is 9.64 Å². The Balaban J connectivity index is 1.82. The predicted octanol–water partition coefficient (Wildman–Crippen LogP) is 1.89. The molecule has 2 aliphatic rings. The lowest BCUT2D eigenvalue weighted by atomic mass is 10.0. The molecule has 2 nitrogen and oxygen atoms in total. The number of likely N-dealkylation sites (N-methyl/N-ethyl adjacent to an activating group) is 1. The van der Waals surface area contributed by atoms with Gasteiger partial charge in [-0.25, -0.2) is 0 Å². The van der Waals surface area contributed by atoms with E-state index in [2.05, 4.69) is 25.8 Å². The third-order valence-electron chi connectivity index (χ3n) is 3.24. The molecular weight excluding hydrogens is 162 g/mol. The molecule has 1 aliphatic carbocycles. The van der Waals surface area contributed by atoms with Crippen LogP contribution >= 0.6 is 0 Å². The van der Waals surface area contributed by atoms with E-state index in [0.717, 1.165) is 18.5 Å². The molecule has 0 unspecified atom stereocenters. The molecule has 76 valence electrons. The van der Waals surface area contributed by atoms with Crippen molar-refractivity contribution in [2.45, 2.75) is 51.4 Å². The topological polar surface area (TPSA) is 12.5 Å². The summed E-state index contributed by atoms with van der Waals surface area (Å²) < 4.78 is 5.93. The van der Waals surface area contributed by atoms with Crippen molar-refractivity contribution < 1.29 is 4.74 Å². The van der Waals surface area contributed by atoms with E-state index in [1.54, 1.807) is 0 Å². The number of rotatable bonds is 3. The zero-order valence-electron chi connectivity index (χ0n) is 8.99. The fourth-order valence-corrected chi connectivity index (χ4v) is 2.34. The van der Waals surface area contributed by atoms with Gasteiger partial charge in [-0.15, -0.1) is 0 Å². The van der Waals surface area contributed by atoms with Crippen LogP contribution in [0.1, 0.15) is 33.1 Å². The molecule has 2 heteroatoms. The first kappa shape index (κ1) is 9.47. The summed E-state index contributed by atoms with van der Waals surface area (Å²) in [5, 5.41) is 0. The van der Waals surface area contributed by atoms with Crippen molar-refractivity contribution in [3.8, 4) is 0 Å². The van der Waals surface area contributed by atoms with E-state index < -0.39 is 0 Å². The van der Waals surface area contributed by atoms with Crippen molar-refractivity contribution in [1.29, 1.82) is 0 Å². The summed E-state index contributed by atoms with van der Waals surface area (Å²) in [4.78, 5) is 2.46. The largest absolute Gasteiger partial charge is 0.374 e. The minimum absolute atomic E-state index is 0.518. The Hall–Kier alpha value is -0.0800. The summed E-state index contributed by atoms with van der Waals surface area (Å²) in [6, 6.07) is 0.740. The molecule has 0 amide bonds. The SMILES string of the molecule is CC(C)[C@@H]1C[C@H](OC2CC2)CN1C. The standard InChI is InChI=1S/C11H21NO/c1-8(2)11-6-10(7-12(11)3)13-9-4-5-9/h8-11H,4-7H2,1-3H3/t10-,11-/m0/s1. The van der Waals surface area contributed by atoms with Crippen molar-refractivity contribution in [2.75, 3.05) is 13.6 Å². The van der Waals surface area contributed by atoms with E-state index in [4.69, 9.17) is 4.74 Å². The van der Waals surface area contributed by atoms with Gasteiger partial charge in [-0.05, 0) is 32.2 Å². The highest BCUT2D eigenvalue weighted by atomic mass is 16.5. The monoisotopic (exact) mass is 183 g/mol. The molecular formula is C11H21NO. The van der Waals surface area contributed by atoms with Gasteiger partial charge in [0.1, 0.15) is 0 Å². The van der Waals surface area contributed by atoms with Crippen LogP contribution in [-0.4, -0.2) is 36.7 Å². The van der Waals surface area contributed by atoms with Crippen molar-refractivity contribution in [3.05, 3.63) is 0 Å². The highest BCUT2D eigenvalue weighted by Gasteiger charge is 2.35. The molecule has 0 N–H and O–H groups in total. The summed E-state index contributed by atoms with van der Waals surface area (Å²) in [5.74, 6) is 0.762. The minimum atomic E-state index is 0.518. The molecule has 2 fully saturated rings. The van der Waals surface area contributed by atoms with Crippen molar-refractivity contribution >= 4 is 0 Å². The predicted molar refractivity (Wildman–Crippen MR) is 53.8 cm³/mol. The van der Waals surface area contributed by atoms with Gasteiger partial charge in [-0.2, -0.15) is 0 Å². The Kier molecular flexibility index (Phi) is 2.61. The zero-order valence-corrected chi connectivity index (χ0v) is 8.99. The molecule has 1 saturated carbocycles. The fourth-order valence-electron chi connectivity index (χ4n) is 2.34. The number of hydrogen-bond donors (Lipinski definition) is 0. The molecule has 2 atom stereocenters. The number of hydrogen-bond acceptors (Lipinski definition) is 2. The number of ether oxygens (including phenoxy) is 1. The quantitative estimate of drug-likeness (QED) is 0.662.